The normalized spacial score (nSPS) is 10.0. The molecule has 0 saturated carbocycles. The van der Waals surface area contributed by atoms with Gasteiger partial charge in [-0.3, -0.25) is 5.41 Å². The lowest BCUT2D eigenvalue weighted by atomic mass is 10.1. The molecular formula is C16H18N2O3. The van der Waals surface area contributed by atoms with Crippen molar-refractivity contribution in [2.45, 2.75) is 6.61 Å². The summed E-state index contributed by atoms with van der Waals surface area (Å²) in [5, 5.41) is 7.57. The van der Waals surface area contributed by atoms with Crippen LogP contribution in [0.4, 0.5) is 0 Å². The highest BCUT2D eigenvalue weighted by molar-refractivity contribution is 5.96. The zero-order valence-corrected chi connectivity index (χ0v) is 12.1. The molecule has 2 aromatic rings. The summed E-state index contributed by atoms with van der Waals surface area (Å²) in [6.45, 7) is 0.312. The van der Waals surface area contributed by atoms with Crippen molar-refractivity contribution in [1.82, 2.24) is 0 Å². The van der Waals surface area contributed by atoms with Crippen LogP contribution in [0.1, 0.15) is 11.1 Å². The molecule has 0 aliphatic heterocycles. The average molecular weight is 286 g/mol. The number of nitrogens with one attached hydrogen (secondary N) is 1. The first-order valence-corrected chi connectivity index (χ1v) is 6.42. The van der Waals surface area contributed by atoms with Crippen LogP contribution in [0.5, 0.6) is 17.2 Å². The molecule has 0 aliphatic carbocycles. The minimum atomic E-state index is 0.0254. The van der Waals surface area contributed by atoms with Gasteiger partial charge in [-0.05, 0) is 0 Å². The molecule has 110 valence electrons. The van der Waals surface area contributed by atoms with E-state index in [-0.39, 0.29) is 5.84 Å². The number of methoxy groups -OCH3 is 2. The van der Waals surface area contributed by atoms with Gasteiger partial charge in [-0.2, -0.15) is 0 Å². The van der Waals surface area contributed by atoms with E-state index in [1.807, 2.05) is 18.2 Å². The summed E-state index contributed by atoms with van der Waals surface area (Å²) in [5.74, 6) is 1.97. The molecule has 0 bridgehead atoms. The summed E-state index contributed by atoms with van der Waals surface area (Å²) in [7, 11) is 3.17. The highest BCUT2D eigenvalue weighted by Crippen LogP contribution is 2.28. The van der Waals surface area contributed by atoms with Gasteiger partial charge in [0.15, 0.2) is 0 Å². The van der Waals surface area contributed by atoms with Gasteiger partial charge >= 0.3 is 0 Å². The topological polar surface area (TPSA) is 77.6 Å². The summed E-state index contributed by atoms with van der Waals surface area (Å²) < 4.78 is 16.2. The van der Waals surface area contributed by atoms with Crippen molar-refractivity contribution < 1.29 is 14.2 Å². The minimum absolute atomic E-state index is 0.0254. The predicted octanol–water partition coefficient (Wildman–Crippen LogP) is 2.57. The standard InChI is InChI=1S/C16H18N2O3/c1-19-12-7-13(20-2)9-14(8-12)21-10-11-5-3-4-6-15(11)16(17)18/h3-9H,10H2,1-2H3,(H3,17,18). The first kappa shape index (κ1) is 14.7. The van der Waals surface area contributed by atoms with E-state index >= 15 is 0 Å². The molecule has 2 aromatic carbocycles. The number of benzene rings is 2. The Labute approximate surface area is 123 Å². The van der Waals surface area contributed by atoms with Crippen molar-refractivity contribution in [2.24, 2.45) is 5.73 Å². The SMILES string of the molecule is COc1cc(OC)cc(OCc2ccccc2C(=N)N)c1. The molecule has 5 heteroatoms. The van der Waals surface area contributed by atoms with E-state index < -0.39 is 0 Å². The van der Waals surface area contributed by atoms with Crippen LogP contribution in [0.2, 0.25) is 0 Å². The summed E-state index contributed by atoms with van der Waals surface area (Å²) in [6.07, 6.45) is 0. The molecule has 0 heterocycles. The second kappa shape index (κ2) is 6.65. The van der Waals surface area contributed by atoms with Crippen LogP contribution in [0, 0.1) is 5.41 Å². The Balaban J connectivity index is 2.18. The highest BCUT2D eigenvalue weighted by Gasteiger charge is 2.07. The van der Waals surface area contributed by atoms with Crippen LogP contribution >= 0.6 is 0 Å². The van der Waals surface area contributed by atoms with E-state index in [0.29, 0.717) is 29.4 Å². The Morgan fingerprint density at radius 2 is 1.57 bits per heavy atom. The zero-order valence-electron chi connectivity index (χ0n) is 12.1. The van der Waals surface area contributed by atoms with Crippen molar-refractivity contribution in [2.75, 3.05) is 14.2 Å². The number of nitrogen functional groups attached to an aromatic ring is 1. The highest BCUT2D eigenvalue weighted by atomic mass is 16.5. The van der Waals surface area contributed by atoms with E-state index in [2.05, 4.69) is 0 Å². The molecule has 0 amide bonds. The molecule has 2 rings (SSSR count). The van der Waals surface area contributed by atoms with Crippen LogP contribution in [-0.2, 0) is 6.61 Å². The van der Waals surface area contributed by atoms with Crippen LogP contribution in [0.3, 0.4) is 0 Å². The molecule has 21 heavy (non-hydrogen) atoms. The maximum atomic E-state index is 7.57. The summed E-state index contributed by atoms with van der Waals surface area (Å²) in [4.78, 5) is 0. The second-order valence-corrected chi connectivity index (χ2v) is 4.41. The first-order chi connectivity index (χ1) is 10.1. The van der Waals surface area contributed by atoms with E-state index in [0.717, 1.165) is 5.56 Å². The van der Waals surface area contributed by atoms with Crippen molar-refractivity contribution in [3.63, 3.8) is 0 Å². The fourth-order valence-corrected chi connectivity index (χ4v) is 1.93. The molecule has 0 radical (unpaired) electrons. The van der Waals surface area contributed by atoms with Gasteiger partial charge in [0.05, 0.1) is 14.2 Å². The lowest BCUT2D eigenvalue weighted by Gasteiger charge is -2.12. The number of hydrogen-bond acceptors (Lipinski definition) is 4. The van der Waals surface area contributed by atoms with Gasteiger partial charge in [0, 0.05) is 29.3 Å². The number of ether oxygens (including phenoxy) is 3. The second-order valence-electron chi connectivity index (χ2n) is 4.41. The Hall–Kier alpha value is -2.69. The summed E-state index contributed by atoms with van der Waals surface area (Å²) >= 11 is 0. The minimum Gasteiger partial charge on any atom is -0.496 e. The number of nitrogens with two attached hydrogens (primary N) is 1. The van der Waals surface area contributed by atoms with Gasteiger partial charge in [0.1, 0.15) is 29.7 Å². The van der Waals surface area contributed by atoms with Crippen LogP contribution in [-0.4, -0.2) is 20.1 Å². The van der Waals surface area contributed by atoms with Crippen molar-refractivity contribution >= 4 is 5.84 Å². The van der Waals surface area contributed by atoms with Crippen molar-refractivity contribution in [3.8, 4) is 17.2 Å². The molecular weight excluding hydrogens is 268 g/mol. The molecule has 0 aliphatic rings. The van der Waals surface area contributed by atoms with Gasteiger partial charge in [-0.1, -0.05) is 24.3 Å². The fraction of sp³-hybridized carbons (Fsp3) is 0.188. The van der Waals surface area contributed by atoms with Gasteiger partial charge in [0.25, 0.3) is 0 Å². The van der Waals surface area contributed by atoms with E-state index in [1.165, 1.54) is 0 Å². The summed E-state index contributed by atoms with van der Waals surface area (Å²) in [6, 6.07) is 12.7. The zero-order chi connectivity index (χ0) is 15.2. The fourth-order valence-electron chi connectivity index (χ4n) is 1.93. The van der Waals surface area contributed by atoms with Crippen LogP contribution in [0.15, 0.2) is 42.5 Å². The smallest absolute Gasteiger partial charge is 0.127 e. The molecule has 0 aromatic heterocycles. The van der Waals surface area contributed by atoms with Crippen molar-refractivity contribution in [3.05, 3.63) is 53.6 Å². The molecule has 3 N–H and O–H groups in total. The quantitative estimate of drug-likeness (QED) is 0.632. The molecule has 0 unspecified atom stereocenters. The summed E-state index contributed by atoms with van der Waals surface area (Å²) in [5.41, 5.74) is 7.09. The maximum absolute atomic E-state index is 7.57. The lowest BCUT2D eigenvalue weighted by molar-refractivity contribution is 0.300. The third-order valence-electron chi connectivity index (χ3n) is 3.03. The predicted molar refractivity (Wildman–Crippen MR) is 81.3 cm³/mol. The van der Waals surface area contributed by atoms with Crippen molar-refractivity contribution in [1.29, 1.82) is 5.41 Å². The number of hydrogen-bond donors (Lipinski definition) is 2. The molecule has 5 nitrogen and oxygen atoms in total. The third kappa shape index (κ3) is 3.66. The monoisotopic (exact) mass is 286 g/mol. The average Bonchev–Trinajstić information content (AvgIpc) is 2.52. The van der Waals surface area contributed by atoms with E-state index in [4.69, 9.17) is 25.4 Å². The van der Waals surface area contributed by atoms with Crippen LogP contribution < -0.4 is 19.9 Å². The lowest BCUT2D eigenvalue weighted by Crippen LogP contribution is -2.14. The number of amidine groups is 1. The molecule has 0 saturated heterocycles. The first-order valence-electron chi connectivity index (χ1n) is 6.42. The Kier molecular flexibility index (Phi) is 4.66. The third-order valence-corrected chi connectivity index (χ3v) is 3.03. The van der Waals surface area contributed by atoms with Gasteiger partial charge < -0.3 is 19.9 Å². The largest absolute Gasteiger partial charge is 0.496 e. The maximum Gasteiger partial charge on any atom is 0.127 e. The Morgan fingerprint density at radius 1 is 1.00 bits per heavy atom. The van der Waals surface area contributed by atoms with Gasteiger partial charge in [0.2, 0.25) is 0 Å². The van der Waals surface area contributed by atoms with E-state index in [1.54, 1.807) is 38.5 Å². The Morgan fingerprint density at radius 3 is 2.14 bits per heavy atom. The van der Waals surface area contributed by atoms with Gasteiger partial charge in [-0.15, -0.1) is 0 Å². The molecule has 0 atom stereocenters. The molecule has 0 spiro atoms. The molecule has 0 fully saturated rings. The van der Waals surface area contributed by atoms with E-state index in [9.17, 15) is 0 Å². The number of rotatable bonds is 6. The van der Waals surface area contributed by atoms with Gasteiger partial charge in [-0.25, -0.2) is 0 Å². The van der Waals surface area contributed by atoms with Crippen LogP contribution in [0.25, 0.3) is 0 Å². The Bertz CT molecular complexity index is 619.